The van der Waals surface area contributed by atoms with E-state index in [1.165, 1.54) is 7.11 Å². The summed E-state index contributed by atoms with van der Waals surface area (Å²) < 4.78 is 10.0. The maximum Gasteiger partial charge on any atom is 0.307 e. The molecule has 0 atom stereocenters. The number of methoxy groups -OCH3 is 1. The number of anilines is 1. The molecule has 0 amide bonds. The quantitative estimate of drug-likeness (QED) is 0.740. The van der Waals surface area contributed by atoms with Gasteiger partial charge >= 0.3 is 5.97 Å². The molecule has 0 aromatic heterocycles. The molecule has 4 nitrogen and oxygen atoms in total. The van der Waals surface area contributed by atoms with Gasteiger partial charge in [-0.15, -0.1) is 0 Å². The van der Waals surface area contributed by atoms with Crippen LogP contribution in [0.4, 0.5) is 5.69 Å². The largest absolute Gasteiger partial charge is 0.494 e. The molecule has 4 heteroatoms. The Morgan fingerprint density at radius 1 is 1.29 bits per heavy atom. The molecule has 0 heterocycles. The van der Waals surface area contributed by atoms with Crippen LogP contribution >= 0.6 is 0 Å². The van der Waals surface area contributed by atoms with Crippen molar-refractivity contribution >= 4 is 11.7 Å². The minimum atomic E-state index is -0.208. The lowest BCUT2D eigenvalue weighted by atomic mass is 10.3. The van der Waals surface area contributed by atoms with E-state index in [4.69, 9.17) is 4.74 Å². The normalized spacial score (nSPS) is 9.76. The maximum atomic E-state index is 10.9. The highest BCUT2D eigenvalue weighted by Crippen LogP contribution is 2.15. The van der Waals surface area contributed by atoms with Crippen LogP contribution in [0.3, 0.4) is 0 Å². The Bertz CT molecular complexity index is 335. The van der Waals surface area contributed by atoms with Gasteiger partial charge in [-0.25, -0.2) is 0 Å². The van der Waals surface area contributed by atoms with Gasteiger partial charge in [-0.05, 0) is 30.7 Å². The smallest absolute Gasteiger partial charge is 0.307 e. The van der Waals surface area contributed by atoms with Gasteiger partial charge in [0.05, 0.1) is 20.1 Å². The lowest BCUT2D eigenvalue weighted by Gasteiger charge is -2.07. The van der Waals surface area contributed by atoms with E-state index in [1.807, 2.05) is 24.3 Å². The van der Waals surface area contributed by atoms with Gasteiger partial charge in [0.25, 0.3) is 0 Å². The van der Waals surface area contributed by atoms with Crippen molar-refractivity contribution in [3.05, 3.63) is 24.3 Å². The van der Waals surface area contributed by atoms with Gasteiger partial charge < -0.3 is 14.8 Å². The average Bonchev–Trinajstić information content (AvgIpc) is 2.37. The predicted molar refractivity (Wildman–Crippen MR) is 67.4 cm³/mol. The van der Waals surface area contributed by atoms with Gasteiger partial charge in [-0.3, -0.25) is 4.79 Å². The van der Waals surface area contributed by atoms with Crippen molar-refractivity contribution in [1.82, 2.24) is 0 Å². The molecular formula is C13H19NO3. The van der Waals surface area contributed by atoms with Crippen LogP contribution in [0.25, 0.3) is 0 Å². The Morgan fingerprint density at radius 2 is 2.00 bits per heavy atom. The number of esters is 1. The fourth-order valence-electron chi connectivity index (χ4n) is 1.30. The third kappa shape index (κ3) is 5.24. The summed E-state index contributed by atoms with van der Waals surface area (Å²) in [6.45, 7) is 3.37. The van der Waals surface area contributed by atoms with E-state index in [9.17, 15) is 4.79 Å². The third-order valence-corrected chi connectivity index (χ3v) is 2.21. The van der Waals surface area contributed by atoms with Crippen LogP contribution < -0.4 is 10.1 Å². The van der Waals surface area contributed by atoms with Crippen molar-refractivity contribution in [2.24, 2.45) is 0 Å². The highest BCUT2D eigenvalue weighted by molar-refractivity contribution is 5.69. The van der Waals surface area contributed by atoms with E-state index >= 15 is 0 Å². The molecule has 0 aliphatic rings. The molecule has 0 saturated carbocycles. The molecule has 0 fully saturated rings. The van der Waals surface area contributed by atoms with Crippen LogP contribution in [-0.2, 0) is 9.53 Å². The molecule has 0 unspecified atom stereocenters. The Labute approximate surface area is 102 Å². The summed E-state index contributed by atoms with van der Waals surface area (Å²) in [5.74, 6) is 0.658. The Kier molecular flexibility index (Phi) is 5.93. The minimum absolute atomic E-state index is 0.208. The summed E-state index contributed by atoms with van der Waals surface area (Å²) in [5, 5.41) is 3.14. The third-order valence-electron chi connectivity index (χ3n) is 2.21. The van der Waals surface area contributed by atoms with Gasteiger partial charge in [-0.2, -0.15) is 0 Å². The topological polar surface area (TPSA) is 47.6 Å². The van der Waals surface area contributed by atoms with Gasteiger partial charge in [0.1, 0.15) is 5.75 Å². The van der Waals surface area contributed by atoms with Crippen LogP contribution in [-0.4, -0.2) is 26.2 Å². The molecule has 0 bridgehead atoms. The second kappa shape index (κ2) is 7.54. The molecule has 1 N–H and O–H groups in total. The van der Waals surface area contributed by atoms with Gasteiger partial charge in [0.2, 0.25) is 0 Å². The van der Waals surface area contributed by atoms with Crippen molar-refractivity contribution in [2.45, 2.75) is 19.8 Å². The van der Waals surface area contributed by atoms with Gasteiger partial charge in [0, 0.05) is 12.2 Å². The molecular weight excluding hydrogens is 218 g/mol. The summed E-state index contributed by atoms with van der Waals surface area (Å²) in [5.41, 5.74) is 0.970. The van der Waals surface area contributed by atoms with Crippen molar-refractivity contribution in [2.75, 3.05) is 25.6 Å². The minimum Gasteiger partial charge on any atom is -0.494 e. The SMILES string of the molecule is CCCOc1ccc(NCCC(=O)OC)cc1. The molecule has 0 spiro atoms. The van der Waals surface area contributed by atoms with E-state index in [2.05, 4.69) is 17.0 Å². The van der Waals surface area contributed by atoms with E-state index < -0.39 is 0 Å². The number of benzene rings is 1. The van der Waals surface area contributed by atoms with E-state index in [0.717, 1.165) is 24.5 Å². The van der Waals surface area contributed by atoms with Gasteiger partial charge in [0.15, 0.2) is 0 Å². The molecule has 1 aromatic rings. The number of rotatable bonds is 7. The lowest BCUT2D eigenvalue weighted by Crippen LogP contribution is -2.09. The molecule has 0 saturated heterocycles. The monoisotopic (exact) mass is 237 g/mol. The van der Waals surface area contributed by atoms with Crippen LogP contribution in [0, 0.1) is 0 Å². The standard InChI is InChI=1S/C13H19NO3/c1-3-10-17-12-6-4-11(5-7-12)14-9-8-13(15)16-2/h4-7,14H,3,8-10H2,1-2H3. The average molecular weight is 237 g/mol. The van der Waals surface area contributed by atoms with Crippen molar-refractivity contribution in [1.29, 1.82) is 0 Å². The first kappa shape index (κ1) is 13.4. The van der Waals surface area contributed by atoms with Crippen molar-refractivity contribution in [3.63, 3.8) is 0 Å². The van der Waals surface area contributed by atoms with Crippen LogP contribution in [0.1, 0.15) is 19.8 Å². The molecule has 94 valence electrons. The first-order valence-electron chi connectivity index (χ1n) is 5.79. The second-order valence-corrected chi connectivity index (χ2v) is 3.63. The lowest BCUT2D eigenvalue weighted by molar-refractivity contribution is -0.140. The van der Waals surface area contributed by atoms with Crippen LogP contribution in [0.15, 0.2) is 24.3 Å². The van der Waals surface area contributed by atoms with Crippen molar-refractivity contribution < 1.29 is 14.3 Å². The molecule has 0 radical (unpaired) electrons. The zero-order valence-corrected chi connectivity index (χ0v) is 10.4. The molecule has 1 rings (SSSR count). The molecule has 17 heavy (non-hydrogen) atoms. The number of hydrogen-bond acceptors (Lipinski definition) is 4. The fourth-order valence-corrected chi connectivity index (χ4v) is 1.30. The van der Waals surface area contributed by atoms with Crippen LogP contribution in [0.2, 0.25) is 0 Å². The van der Waals surface area contributed by atoms with E-state index in [0.29, 0.717) is 13.0 Å². The summed E-state index contributed by atoms with van der Waals surface area (Å²) >= 11 is 0. The van der Waals surface area contributed by atoms with Crippen LogP contribution in [0.5, 0.6) is 5.75 Å². The summed E-state index contributed by atoms with van der Waals surface area (Å²) in [6, 6.07) is 7.69. The molecule has 0 aliphatic carbocycles. The van der Waals surface area contributed by atoms with E-state index in [1.54, 1.807) is 0 Å². The summed E-state index contributed by atoms with van der Waals surface area (Å²) in [4.78, 5) is 10.9. The summed E-state index contributed by atoms with van der Waals surface area (Å²) in [7, 11) is 1.39. The predicted octanol–water partition coefficient (Wildman–Crippen LogP) is 2.45. The zero-order chi connectivity index (χ0) is 12.5. The number of hydrogen-bond donors (Lipinski definition) is 1. The fraction of sp³-hybridized carbons (Fsp3) is 0.462. The zero-order valence-electron chi connectivity index (χ0n) is 10.4. The molecule has 1 aromatic carbocycles. The highest BCUT2D eigenvalue weighted by Gasteiger charge is 1.99. The first-order chi connectivity index (χ1) is 8.26. The Hall–Kier alpha value is -1.71. The van der Waals surface area contributed by atoms with Gasteiger partial charge in [-0.1, -0.05) is 6.92 Å². The van der Waals surface area contributed by atoms with E-state index in [-0.39, 0.29) is 5.97 Å². The number of carbonyl (C=O) groups excluding carboxylic acids is 1. The maximum absolute atomic E-state index is 10.9. The first-order valence-corrected chi connectivity index (χ1v) is 5.79. The highest BCUT2D eigenvalue weighted by atomic mass is 16.5. The Morgan fingerprint density at radius 3 is 2.59 bits per heavy atom. The number of carbonyl (C=O) groups is 1. The van der Waals surface area contributed by atoms with Crippen molar-refractivity contribution in [3.8, 4) is 5.75 Å². The Balaban J connectivity index is 2.32. The number of ether oxygens (including phenoxy) is 2. The summed E-state index contributed by atoms with van der Waals surface area (Å²) in [6.07, 6.45) is 1.36. The molecule has 0 aliphatic heterocycles. The second-order valence-electron chi connectivity index (χ2n) is 3.63. The number of nitrogens with one attached hydrogen (secondary N) is 1.